The second-order valence-electron chi connectivity index (χ2n) is 7.33. The van der Waals surface area contributed by atoms with E-state index in [0.717, 1.165) is 24.7 Å². The van der Waals surface area contributed by atoms with Crippen molar-refractivity contribution in [1.29, 1.82) is 0 Å². The van der Waals surface area contributed by atoms with Crippen molar-refractivity contribution in [2.45, 2.75) is 57.4 Å². The molecule has 3 rings (SSSR count). The first-order valence-electron chi connectivity index (χ1n) is 8.49. The number of fused-ring (bicyclic) bond motifs is 1. The third-order valence-corrected chi connectivity index (χ3v) is 5.54. The van der Waals surface area contributed by atoms with Gasteiger partial charge in [0, 0.05) is 17.8 Å². The molecule has 0 amide bonds. The molecule has 2 unspecified atom stereocenters. The van der Waals surface area contributed by atoms with Crippen molar-refractivity contribution in [1.82, 2.24) is 9.88 Å². The van der Waals surface area contributed by atoms with Crippen LogP contribution in [0, 0.1) is 5.92 Å². The Morgan fingerprint density at radius 3 is 2.90 bits per heavy atom. The van der Waals surface area contributed by atoms with Crippen LogP contribution in [0.5, 0.6) is 0 Å². The monoisotopic (exact) mass is 287 g/mol. The summed E-state index contributed by atoms with van der Waals surface area (Å²) in [5.41, 5.74) is 3.06. The number of aryl methyl sites for hydroxylation is 2. The van der Waals surface area contributed by atoms with Gasteiger partial charge in [0.1, 0.15) is 5.82 Å². The molecule has 3 nitrogen and oxygen atoms in total. The fraction of sp³-hybridized carbons (Fsp3) is 0.722. The smallest absolute Gasteiger partial charge is 0.126 e. The molecule has 2 aliphatic rings. The lowest BCUT2D eigenvalue weighted by molar-refractivity contribution is 0.0881. The molecule has 1 fully saturated rings. The van der Waals surface area contributed by atoms with E-state index in [4.69, 9.17) is 4.98 Å². The van der Waals surface area contributed by atoms with Gasteiger partial charge in [-0.25, -0.2) is 4.98 Å². The zero-order chi connectivity index (χ0) is 14.9. The van der Waals surface area contributed by atoms with Crippen molar-refractivity contribution in [2.75, 3.05) is 26.0 Å². The van der Waals surface area contributed by atoms with Gasteiger partial charge < -0.3 is 10.2 Å². The molecule has 0 radical (unpaired) electrons. The van der Waals surface area contributed by atoms with E-state index in [1.165, 1.54) is 49.8 Å². The van der Waals surface area contributed by atoms with Crippen molar-refractivity contribution in [3.05, 3.63) is 23.4 Å². The lowest BCUT2D eigenvalue weighted by Gasteiger charge is -2.45. The molecule has 2 atom stereocenters. The minimum Gasteiger partial charge on any atom is -0.368 e. The molecular formula is C18H29N3. The number of nitrogens with one attached hydrogen (secondary N) is 1. The van der Waals surface area contributed by atoms with Crippen molar-refractivity contribution in [2.24, 2.45) is 5.92 Å². The summed E-state index contributed by atoms with van der Waals surface area (Å²) in [5, 5.41) is 3.63. The van der Waals surface area contributed by atoms with Crippen LogP contribution in [0.25, 0.3) is 0 Å². The number of hydrogen-bond donors (Lipinski definition) is 1. The lowest BCUT2D eigenvalue weighted by atomic mass is 9.75. The normalized spacial score (nSPS) is 28.7. The van der Waals surface area contributed by atoms with Crippen LogP contribution in [0.2, 0.25) is 0 Å². The van der Waals surface area contributed by atoms with E-state index in [9.17, 15) is 0 Å². The molecule has 1 heterocycles. The molecule has 3 heteroatoms. The van der Waals surface area contributed by atoms with Crippen LogP contribution in [0.4, 0.5) is 5.82 Å². The number of rotatable bonds is 4. The average Bonchev–Trinajstić information content (AvgIpc) is 2.92. The molecule has 21 heavy (non-hydrogen) atoms. The lowest BCUT2D eigenvalue weighted by Crippen LogP contribution is -2.52. The highest BCUT2D eigenvalue weighted by atomic mass is 15.2. The molecule has 0 bridgehead atoms. The van der Waals surface area contributed by atoms with E-state index in [1.807, 2.05) is 0 Å². The molecule has 0 aliphatic heterocycles. The third kappa shape index (κ3) is 3.08. The molecule has 116 valence electrons. The van der Waals surface area contributed by atoms with Crippen LogP contribution < -0.4 is 5.32 Å². The van der Waals surface area contributed by atoms with Gasteiger partial charge in [0.15, 0.2) is 0 Å². The number of hydrogen-bond acceptors (Lipinski definition) is 3. The predicted octanol–water partition coefficient (Wildman–Crippen LogP) is 3.49. The molecule has 0 aromatic carbocycles. The van der Waals surface area contributed by atoms with Crippen LogP contribution in [-0.4, -0.2) is 36.1 Å². The zero-order valence-electron chi connectivity index (χ0n) is 13.8. The first kappa shape index (κ1) is 14.8. The molecule has 1 aromatic rings. The van der Waals surface area contributed by atoms with Gasteiger partial charge in [0.25, 0.3) is 0 Å². The highest BCUT2D eigenvalue weighted by Crippen LogP contribution is 2.35. The summed E-state index contributed by atoms with van der Waals surface area (Å²) in [5.74, 6) is 1.89. The Morgan fingerprint density at radius 1 is 1.29 bits per heavy atom. The summed E-state index contributed by atoms with van der Waals surface area (Å²) in [7, 11) is 4.46. The highest BCUT2D eigenvalue weighted by molar-refractivity contribution is 5.40. The van der Waals surface area contributed by atoms with Crippen molar-refractivity contribution >= 4 is 5.82 Å². The van der Waals surface area contributed by atoms with E-state index in [-0.39, 0.29) is 0 Å². The second-order valence-corrected chi connectivity index (χ2v) is 7.33. The van der Waals surface area contributed by atoms with E-state index >= 15 is 0 Å². The van der Waals surface area contributed by atoms with Crippen LogP contribution in [-0.2, 0) is 12.8 Å². The maximum Gasteiger partial charge on any atom is 0.126 e. The van der Waals surface area contributed by atoms with Crippen LogP contribution in [0.3, 0.4) is 0 Å². The average molecular weight is 287 g/mol. The molecule has 1 N–H and O–H groups in total. The number of pyridine rings is 1. The summed E-state index contributed by atoms with van der Waals surface area (Å²) in [6.45, 7) is 3.40. The molecular weight excluding hydrogens is 258 g/mol. The van der Waals surface area contributed by atoms with Crippen LogP contribution in [0.15, 0.2) is 12.1 Å². The minimum absolute atomic E-state index is 0.290. The Bertz CT molecular complexity index is 497. The molecule has 2 aliphatic carbocycles. The van der Waals surface area contributed by atoms with Crippen LogP contribution in [0.1, 0.15) is 50.3 Å². The Hall–Kier alpha value is -1.09. The standard InChI is InChI=1S/C18H29N3/c1-14-6-5-11-18(12-14,21(2)3)13-19-17-10-9-15-7-4-8-16(15)20-17/h9-10,14H,4-8,11-13H2,1-3H3,(H,19,20). The molecule has 0 spiro atoms. The quantitative estimate of drug-likeness (QED) is 0.919. The topological polar surface area (TPSA) is 28.2 Å². The van der Waals surface area contributed by atoms with Gasteiger partial charge in [-0.05, 0) is 63.7 Å². The number of aromatic nitrogens is 1. The molecule has 1 saturated carbocycles. The Morgan fingerprint density at radius 2 is 2.14 bits per heavy atom. The predicted molar refractivity (Wildman–Crippen MR) is 88.8 cm³/mol. The number of likely N-dealkylation sites (N-methyl/N-ethyl adjacent to an activating group) is 1. The Labute approximate surface area is 129 Å². The summed E-state index contributed by atoms with van der Waals surface area (Å²) >= 11 is 0. The number of nitrogens with zero attached hydrogens (tertiary/aromatic N) is 2. The van der Waals surface area contributed by atoms with Gasteiger partial charge in [-0.2, -0.15) is 0 Å². The Kier molecular flexibility index (Phi) is 4.21. The van der Waals surface area contributed by atoms with Gasteiger partial charge >= 0.3 is 0 Å². The maximum atomic E-state index is 4.82. The van der Waals surface area contributed by atoms with Crippen molar-refractivity contribution in [3.63, 3.8) is 0 Å². The van der Waals surface area contributed by atoms with Gasteiger partial charge in [0.2, 0.25) is 0 Å². The summed E-state index contributed by atoms with van der Waals surface area (Å²) < 4.78 is 0. The van der Waals surface area contributed by atoms with E-state index in [1.54, 1.807) is 0 Å². The molecule has 1 aromatic heterocycles. The Balaban J connectivity index is 1.69. The van der Waals surface area contributed by atoms with Gasteiger partial charge in [0.05, 0.1) is 0 Å². The SMILES string of the molecule is CC1CCCC(CNc2ccc3c(n2)CCC3)(N(C)C)C1. The first-order valence-corrected chi connectivity index (χ1v) is 8.49. The summed E-state index contributed by atoms with van der Waals surface area (Å²) in [4.78, 5) is 7.25. The summed E-state index contributed by atoms with van der Waals surface area (Å²) in [6, 6.07) is 4.43. The van der Waals surface area contributed by atoms with Gasteiger partial charge in [-0.1, -0.05) is 25.8 Å². The molecule has 0 saturated heterocycles. The fourth-order valence-corrected chi connectivity index (χ4v) is 4.13. The largest absolute Gasteiger partial charge is 0.368 e. The van der Waals surface area contributed by atoms with Gasteiger partial charge in [-0.3, -0.25) is 0 Å². The second kappa shape index (κ2) is 5.96. The van der Waals surface area contributed by atoms with Crippen LogP contribution >= 0.6 is 0 Å². The third-order valence-electron chi connectivity index (χ3n) is 5.54. The van der Waals surface area contributed by atoms with Crippen molar-refractivity contribution in [3.8, 4) is 0 Å². The zero-order valence-corrected chi connectivity index (χ0v) is 13.8. The first-order chi connectivity index (χ1) is 10.1. The van der Waals surface area contributed by atoms with E-state index in [2.05, 4.69) is 43.4 Å². The minimum atomic E-state index is 0.290. The maximum absolute atomic E-state index is 4.82. The highest BCUT2D eigenvalue weighted by Gasteiger charge is 2.36. The number of anilines is 1. The summed E-state index contributed by atoms with van der Waals surface area (Å²) in [6.07, 6.45) is 8.94. The van der Waals surface area contributed by atoms with Crippen molar-refractivity contribution < 1.29 is 0 Å². The fourth-order valence-electron chi connectivity index (χ4n) is 4.13. The van der Waals surface area contributed by atoms with E-state index < -0.39 is 0 Å². The van der Waals surface area contributed by atoms with E-state index in [0.29, 0.717) is 5.54 Å². The van der Waals surface area contributed by atoms with Gasteiger partial charge in [-0.15, -0.1) is 0 Å².